The topological polar surface area (TPSA) is 71.1 Å². The van der Waals surface area contributed by atoms with Crippen molar-refractivity contribution in [2.45, 2.75) is 41.0 Å². The van der Waals surface area contributed by atoms with Crippen molar-refractivity contribution in [3.05, 3.63) is 28.8 Å². The van der Waals surface area contributed by atoms with Gasteiger partial charge in [0.2, 0.25) is 0 Å². The van der Waals surface area contributed by atoms with E-state index in [4.69, 9.17) is 18.9 Å². The summed E-state index contributed by atoms with van der Waals surface area (Å²) in [5.74, 6) is -1.22. The summed E-state index contributed by atoms with van der Waals surface area (Å²) in [6.07, 6.45) is 0.222. The van der Waals surface area contributed by atoms with Gasteiger partial charge in [0.15, 0.2) is 5.92 Å². The molecule has 1 aromatic carbocycles. The van der Waals surface area contributed by atoms with Gasteiger partial charge in [-0.15, -0.1) is 0 Å². The molecule has 0 aliphatic carbocycles. The summed E-state index contributed by atoms with van der Waals surface area (Å²) >= 11 is 0. The molecule has 0 saturated carbocycles. The van der Waals surface area contributed by atoms with E-state index in [0.29, 0.717) is 13.2 Å². The predicted molar refractivity (Wildman–Crippen MR) is 98.3 cm³/mol. The SMILES string of the molecule is CCOC(=O)C(CCOCCOc1c(C)cc(C)cc1C)C(=O)OCC. The Labute approximate surface area is 155 Å². The van der Waals surface area contributed by atoms with E-state index in [2.05, 4.69) is 19.1 Å². The van der Waals surface area contributed by atoms with Crippen LogP contribution in [0.15, 0.2) is 12.1 Å². The number of aryl methyl sites for hydroxylation is 3. The van der Waals surface area contributed by atoms with Gasteiger partial charge in [-0.3, -0.25) is 9.59 Å². The molecule has 1 aromatic rings. The second-order valence-electron chi connectivity index (χ2n) is 6.03. The van der Waals surface area contributed by atoms with Crippen LogP contribution in [0.5, 0.6) is 5.75 Å². The second kappa shape index (κ2) is 11.5. The molecule has 6 nitrogen and oxygen atoms in total. The Morgan fingerprint density at radius 3 is 1.92 bits per heavy atom. The average Bonchev–Trinajstić information content (AvgIpc) is 2.56. The lowest BCUT2D eigenvalue weighted by molar-refractivity contribution is -0.162. The van der Waals surface area contributed by atoms with Crippen LogP contribution >= 0.6 is 0 Å². The van der Waals surface area contributed by atoms with Crippen LogP contribution in [-0.2, 0) is 23.8 Å². The number of hydrogen-bond donors (Lipinski definition) is 0. The quantitative estimate of drug-likeness (QED) is 0.340. The van der Waals surface area contributed by atoms with Gasteiger partial charge in [0.25, 0.3) is 0 Å². The Bertz CT molecular complexity index is 555. The van der Waals surface area contributed by atoms with Crippen LogP contribution < -0.4 is 4.74 Å². The first kappa shape index (κ1) is 22.0. The van der Waals surface area contributed by atoms with Gasteiger partial charge in [0, 0.05) is 6.61 Å². The number of ether oxygens (including phenoxy) is 4. The van der Waals surface area contributed by atoms with Crippen molar-refractivity contribution >= 4 is 11.9 Å². The summed E-state index contributed by atoms with van der Waals surface area (Å²) in [7, 11) is 0. The average molecular weight is 366 g/mol. The van der Waals surface area contributed by atoms with Gasteiger partial charge in [-0.25, -0.2) is 0 Å². The van der Waals surface area contributed by atoms with Gasteiger partial charge in [-0.05, 0) is 52.2 Å². The highest BCUT2D eigenvalue weighted by Gasteiger charge is 2.29. The van der Waals surface area contributed by atoms with Crippen LogP contribution in [-0.4, -0.2) is 45.0 Å². The molecule has 0 heterocycles. The van der Waals surface area contributed by atoms with E-state index < -0.39 is 17.9 Å². The molecule has 6 heteroatoms. The number of benzene rings is 1. The lowest BCUT2D eigenvalue weighted by Crippen LogP contribution is -2.29. The molecule has 0 aliphatic heterocycles. The van der Waals surface area contributed by atoms with Gasteiger partial charge in [-0.2, -0.15) is 0 Å². The normalized spacial score (nSPS) is 10.7. The van der Waals surface area contributed by atoms with Gasteiger partial charge in [0.05, 0.1) is 19.8 Å². The third-order valence-corrected chi connectivity index (χ3v) is 3.77. The van der Waals surface area contributed by atoms with Gasteiger partial charge in [0.1, 0.15) is 12.4 Å². The summed E-state index contributed by atoms with van der Waals surface area (Å²) in [4.78, 5) is 23.7. The van der Waals surface area contributed by atoms with Crippen molar-refractivity contribution in [1.82, 2.24) is 0 Å². The van der Waals surface area contributed by atoms with Crippen molar-refractivity contribution in [3.8, 4) is 5.75 Å². The third-order valence-electron chi connectivity index (χ3n) is 3.77. The van der Waals surface area contributed by atoms with Crippen LogP contribution in [0.1, 0.15) is 37.0 Å². The molecular weight excluding hydrogens is 336 g/mol. The molecular formula is C20H30O6. The Balaban J connectivity index is 2.40. The van der Waals surface area contributed by atoms with Gasteiger partial charge in [-0.1, -0.05) is 17.7 Å². The number of esters is 2. The van der Waals surface area contributed by atoms with E-state index in [-0.39, 0.29) is 26.2 Å². The van der Waals surface area contributed by atoms with Crippen molar-refractivity contribution in [3.63, 3.8) is 0 Å². The monoisotopic (exact) mass is 366 g/mol. The summed E-state index contributed by atoms with van der Waals surface area (Å²) in [6.45, 7) is 10.9. The van der Waals surface area contributed by atoms with Crippen LogP contribution in [0, 0.1) is 26.7 Å². The fourth-order valence-corrected chi connectivity index (χ4v) is 2.72. The highest BCUT2D eigenvalue weighted by Crippen LogP contribution is 2.24. The van der Waals surface area contributed by atoms with Gasteiger partial charge < -0.3 is 18.9 Å². The summed E-state index contributed by atoms with van der Waals surface area (Å²) < 4.78 is 21.1. The molecule has 0 unspecified atom stereocenters. The number of rotatable bonds is 11. The fourth-order valence-electron chi connectivity index (χ4n) is 2.72. The summed E-state index contributed by atoms with van der Waals surface area (Å²) in [6, 6.07) is 4.15. The molecule has 0 aromatic heterocycles. The Morgan fingerprint density at radius 1 is 0.885 bits per heavy atom. The van der Waals surface area contributed by atoms with Crippen LogP contribution in [0.4, 0.5) is 0 Å². The molecule has 0 aliphatic rings. The Morgan fingerprint density at radius 2 is 1.42 bits per heavy atom. The molecule has 0 atom stereocenters. The maximum Gasteiger partial charge on any atom is 0.320 e. The molecule has 0 radical (unpaired) electrons. The molecule has 0 bridgehead atoms. The zero-order valence-corrected chi connectivity index (χ0v) is 16.4. The lowest BCUT2D eigenvalue weighted by Gasteiger charge is -2.15. The van der Waals surface area contributed by atoms with E-state index in [1.54, 1.807) is 13.8 Å². The molecule has 0 N–H and O–H groups in total. The molecule has 1 rings (SSSR count). The first-order valence-corrected chi connectivity index (χ1v) is 9.02. The van der Waals surface area contributed by atoms with Crippen LogP contribution in [0.3, 0.4) is 0 Å². The maximum atomic E-state index is 11.9. The number of hydrogen-bond acceptors (Lipinski definition) is 6. The first-order chi connectivity index (χ1) is 12.4. The molecule has 26 heavy (non-hydrogen) atoms. The standard InChI is InChI=1S/C20H30O6/c1-6-24-19(21)17(20(22)25-7-2)8-9-23-10-11-26-18-15(4)12-14(3)13-16(18)5/h12-13,17H,6-11H2,1-5H3. The minimum atomic E-state index is -0.947. The largest absolute Gasteiger partial charge is 0.491 e. The third kappa shape index (κ3) is 7.04. The molecule has 0 spiro atoms. The second-order valence-corrected chi connectivity index (χ2v) is 6.03. The van der Waals surface area contributed by atoms with E-state index in [9.17, 15) is 9.59 Å². The molecule has 146 valence electrons. The zero-order valence-electron chi connectivity index (χ0n) is 16.4. The fraction of sp³-hybridized carbons (Fsp3) is 0.600. The Hall–Kier alpha value is -2.08. The van der Waals surface area contributed by atoms with Gasteiger partial charge >= 0.3 is 11.9 Å². The van der Waals surface area contributed by atoms with Crippen molar-refractivity contribution < 1.29 is 28.5 Å². The minimum Gasteiger partial charge on any atom is -0.491 e. The van der Waals surface area contributed by atoms with Crippen LogP contribution in [0.25, 0.3) is 0 Å². The highest BCUT2D eigenvalue weighted by molar-refractivity contribution is 5.94. The van der Waals surface area contributed by atoms with E-state index >= 15 is 0 Å². The van der Waals surface area contributed by atoms with E-state index in [1.165, 1.54) is 5.56 Å². The van der Waals surface area contributed by atoms with Crippen molar-refractivity contribution in [2.75, 3.05) is 33.0 Å². The van der Waals surface area contributed by atoms with Crippen molar-refractivity contribution in [2.24, 2.45) is 5.92 Å². The predicted octanol–water partition coefficient (Wildman–Crippen LogP) is 3.14. The minimum absolute atomic E-state index is 0.221. The highest BCUT2D eigenvalue weighted by atomic mass is 16.6. The van der Waals surface area contributed by atoms with E-state index in [0.717, 1.165) is 16.9 Å². The first-order valence-electron chi connectivity index (χ1n) is 9.02. The van der Waals surface area contributed by atoms with Crippen molar-refractivity contribution in [1.29, 1.82) is 0 Å². The number of carbonyl (C=O) groups is 2. The molecule has 0 fully saturated rings. The summed E-state index contributed by atoms with van der Waals surface area (Å²) in [5.41, 5.74) is 3.38. The summed E-state index contributed by atoms with van der Waals surface area (Å²) in [5, 5.41) is 0. The van der Waals surface area contributed by atoms with Crippen LogP contribution in [0.2, 0.25) is 0 Å². The number of carbonyl (C=O) groups excluding carboxylic acids is 2. The Kier molecular flexibility index (Phi) is 9.73. The van der Waals surface area contributed by atoms with E-state index in [1.807, 2.05) is 13.8 Å². The molecule has 0 amide bonds. The maximum absolute atomic E-state index is 11.9. The zero-order chi connectivity index (χ0) is 19.5. The smallest absolute Gasteiger partial charge is 0.320 e. The molecule has 0 saturated heterocycles. The lowest BCUT2D eigenvalue weighted by atomic mass is 10.1.